The lowest BCUT2D eigenvalue weighted by atomic mass is 9.97. The Morgan fingerprint density at radius 3 is 2.68 bits per heavy atom. The van der Waals surface area contributed by atoms with E-state index < -0.39 is 0 Å². The molecule has 2 saturated heterocycles. The maximum atomic E-state index is 12.5. The van der Waals surface area contributed by atoms with Crippen molar-refractivity contribution in [3.63, 3.8) is 0 Å². The van der Waals surface area contributed by atoms with Crippen molar-refractivity contribution in [3.05, 3.63) is 23.8 Å². The molecule has 152 valence electrons. The number of hydrogen-bond acceptors (Lipinski definition) is 4. The van der Waals surface area contributed by atoms with Gasteiger partial charge in [0.15, 0.2) is 0 Å². The molecule has 3 aliphatic rings. The highest BCUT2D eigenvalue weighted by Gasteiger charge is 2.34. The molecular weight excluding hydrogens is 352 g/mol. The zero-order valence-electron chi connectivity index (χ0n) is 16.7. The van der Waals surface area contributed by atoms with E-state index >= 15 is 0 Å². The first-order valence-corrected chi connectivity index (χ1v) is 10.9. The van der Waals surface area contributed by atoms with Gasteiger partial charge in [-0.1, -0.05) is 12.8 Å². The van der Waals surface area contributed by atoms with Gasteiger partial charge in [0.25, 0.3) is 5.91 Å². The molecule has 6 heteroatoms. The van der Waals surface area contributed by atoms with Crippen molar-refractivity contribution in [3.8, 4) is 0 Å². The van der Waals surface area contributed by atoms with Crippen LogP contribution in [0.4, 0.5) is 11.4 Å². The van der Waals surface area contributed by atoms with Crippen LogP contribution in [0.25, 0.3) is 0 Å². The third-order valence-electron chi connectivity index (χ3n) is 6.27. The van der Waals surface area contributed by atoms with E-state index in [4.69, 9.17) is 0 Å². The molecule has 6 nitrogen and oxygen atoms in total. The molecule has 0 saturated carbocycles. The summed E-state index contributed by atoms with van der Waals surface area (Å²) in [6.45, 7) is 5.03. The predicted molar refractivity (Wildman–Crippen MR) is 112 cm³/mol. The molecule has 0 unspecified atom stereocenters. The molecule has 3 aliphatic heterocycles. The van der Waals surface area contributed by atoms with E-state index in [0.29, 0.717) is 12.1 Å². The van der Waals surface area contributed by atoms with Gasteiger partial charge < -0.3 is 20.4 Å². The Kier molecular flexibility index (Phi) is 6.15. The minimum Gasteiger partial charge on any atom is -0.358 e. The van der Waals surface area contributed by atoms with Crippen molar-refractivity contribution in [2.24, 2.45) is 0 Å². The van der Waals surface area contributed by atoms with Crippen LogP contribution in [0.15, 0.2) is 18.2 Å². The molecule has 1 aromatic rings. The minimum atomic E-state index is -0.0614. The Labute approximate surface area is 167 Å². The van der Waals surface area contributed by atoms with Crippen LogP contribution in [0.5, 0.6) is 0 Å². The Bertz CT molecular complexity index is 712. The molecule has 3 heterocycles. The zero-order chi connectivity index (χ0) is 19.3. The van der Waals surface area contributed by atoms with E-state index in [9.17, 15) is 9.59 Å². The highest BCUT2D eigenvalue weighted by molar-refractivity contribution is 6.05. The van der Waals surface area contributed by atoms with Gasteiger partial charge in [0.1, 0.15) is 6.04 Å². The van der Waals surface area contributed by atoms with Crippen molar-refractivity contribution in [2.45, 2.75) is 57.4 Å². The minimum absolute atomic E-state index is 0.0556. The fourth-order valence-electron chi connectivity index (χ4n) is 4.70. The van der Waals surface area contributed by atoms with Crippen LogP contribution in [0.2, 0.25) is 0 Å². The number of carbonyl (C=O) groups excluding carboxylic acids is 2. The van der Waals surface area contributed by atoms with Crippen LogP contribution in [0.3, 0.4) is 0 Å². The standard InChI is InChI=1S/C22H32N4O2/c27-21(23-11-7-14-25-12-4-1-2-5-13-25)17-9-10-19-18(16-17)24-22(28)20-8-3-6-15-26(19)20/h9-10,16,20H,1-8,11-15H2,(H,23,27)(H,24,28)/t20-/m0/s1. The smallest absolute Gasteiger partial charge is 0.251 e. The first-order chi connectivity index (χ1) is 13.7. The summed E-state index contributed by atoms with van der Waals surface area (Å²) < 4.78 is 0. The van der Waals surface area contributed by atoms with E-state index in [0.717, 1.165) is 50.1 Å². The number of piperidine rings is 1. The fourth-order valence-corrected chi connectivity index (χ4v) is 4.70. The number of carbonyl (C=O) groups is 2. The number of benzene rings is 1. The van der Waals surface area contributed by atoms with Crippen LogP contribution in [0.1, 0.15) is 61.7 Å². The van der Waals surface area contributed by atoms with Gasteiger partial charge in [0.2, 0.25) is 5.91 Å². The van der Waals surface area contributed by atoms with Gasteiger partial charge in [-0.25, -0.2) is 0 Å². The largest absolute Gasteiger partial charge is 0.358 e. The summed E-state index contributed by atoms with van der Waals surface area (Å²) in [6, 6.07) is 5.63. The van der Waals surface area contributed by atoms with Gasteiger partial charge in [0.05, 0.1) is 11.4 Å². The second-order valence-corrected chi connectivity index (χ2v) is 8.29. The van der Waals surface area contributed by atoms with E-state index in [-0.39, 0.29) is 17.9 Å². The lowest BCUT2D eigenvalue weighted by Crippen LogP contribution is -2.50. The molecule has 2 amide bonds. The summed E-state index contributed by atoms with van der Waals surface area (Å²) in [5, 5.41) is 6.04. The van der Waals surface area contributed by atoms with Gasteiger partial charge in [-0.05, 0) is 76.4 Å². The van der Waals surface area contributed by atoms with Crippen LogP contribution >= 0.6 is 0 Å². The quantitative estimate of drug-likeness (QED) is 0.766. The second kappa shape index (κ2) is 8.95. The molecule has 0 spiro atoms. The number of nitrogens with one attached hydrogen (secondary N) is 2. The number of nitrogens with zero attached hydrogens (tertiary/aromatic N) is 2. The van der Waals surface area contributed by atoms with Gasteiger partial charge in [-0.2, -0.15) is 0 Å². The van der Waals surface area contributed by atoms with E-state index in [2.05, 4.69) is 20.4 Å². The molecule has 2 N–H and O–H groups in total. The number of anilines is 2. The summed E-state index contributed by atoms with van der Waals surface area (Å²) >= 11 is 0. The molecule has 28 heavy (non-hydrogen) atoms. The van der Waals surface area contributed by atoms with E-state index in [1.54, 1.807) is 0 Å². The third kappa shape index (κ3) is 4.32. The average molecular weight is 385 g/mol. The van der Waals surface area contributed by atoms with Crippen molar-refractivity contribution in [1.82, 2.24) is 10.2 Å². The SMILES string of the molecule is O=C(NCCCN1CCCCCC1)c1ccc2c(c1)NC(=O)[C@@H]1CCCCN21. The Hall–Kier alpha value is -2.08. The molecule has 0 bridgehead atoms. The van der Waals surface area contributed by atoms with Crippen LogP contribution in [-0.4, -0.2) is 55.5 Å². The molecule has 0 aromatic heterocycles. The van der Waals surface area contributed by atoms with Crippen molar-refractivity contribution >= 4 is 23.2 Å². The molecule has 1 atom stereocenters. The van der Waals surface area contributed by atoms with Crippen LogP contribution in [0, 0.1) is 0 Å². The molecule has 0 aliphatic carbocycles. The molecule has 2 fully saturated rings. The van der Waals surface area contributed by atoms with Crippen molar-refractivity contribution < 1.29 is 9.59 Å². The van der Waals surface area contributed by atoms with Crippen LogP contribution in [-0.2, 0) is 4.79 Å². The lowest BCUT2D eigenvalue weighted by molar-refractivity contribution is -0.118. The van der Waals surface area contributed by atoms with Gasteiger partial charge in [-0.3, -0.25) is 9.59 Å². The first-order valence-electron chi connectivity index (χ1n) is 10.9. The average Bonchev–Trinajstić information content (AvgIpc) is 3.00. The summed E-state index contributed by atoms with van der Waals surface area (Å²) in [6.07, 6.45) is 9.38. The number of fused-ring (bicyclic) bond motifs is 3. The lowest BCUT2D eigenvalue weighted by Gasteiger charge is -2.41. The molecule has 4 rings (SSSR count). The summed E-state index contributed by atoms with van der Waals surface area (Å²) in [7, 11) is 0. The fraction of sp³-hybridized carbons (Fsp3) is 0.636. The maximum absolute atomic E-state index is 12.5. The normalized spacial score (nSPS) is 22.6. The number of amides is 2. The topological polar surface area (TPSA) is 64.7 Å². The highest BCUT2D eigenvalue weighted by atomic mass is 16.2. The summed E-state index contributed by atoms with van der Waals surface area (Å²) in [4.78, 5) is 29.7. The molecule has 1 aromatic carbocycles. The summed E-state index contributed by atoms with van der Waals surface area (Å²) in [5.41, 5.74) is 2.42. The second-order valence-electron chi connectivity index (χ2n) is 8.29. The number of likely N-dealkylation sites (tertiary alicyclic amines) is 1. The van der Waals surface area contributed by atoms with E-state index in [1.807, 2.05) is 18.2 Å². The predicted octanol–water partition coefficient (Wildman–Crippen LogP) is 2.99. The molecule has 0 radical (unpaired) electrons. The highest BCUT2D eigenvalue weighted by Crippen LogP contribution is 2.36. The van der Waals surface area contributed by atoms with E-state index in [1.165, 1.54) is 38.8 Å². The van der Waals surface area contributed by atoms with Gasteiger partial charge in [-0.15, -0.1) is 0 Å². The Morgan fingerprint density at radius 2 is 1.86 bits per heavy atom. The third-order valence-corrected chi connectivity index (χ3v) is 6.27. The number of rotatable bonds is 5. The Morgan fingerprint density at radius 1 is 1.07 bits per heavy atom. The van der Waals surface area contributed by atoms with Crippen LogP contribution < -0.4 is 15.5 Å². The van der Waals surface area contributed by atoms with Gasteiger partial charge >= 0.3 is 0 Å². The van der Waals surface area contributed by atoms with Crippen molar-refractivity contribution in [2.75, 3.05) is 42.9 Å². The Balaban J connectivity index is 1.31. The van der Waals surface area contributed by atoms with Crippen molar-refractivity contribution in [1.29, 1.82) is 0 Å². The van der Waals surface area contributed by atoms with Gasteiger partial charge in [0, 0.05) is 18.7 Å². The number of hydrogen-bond donors (Lipinski definition) is 2. The first kappa shape index (κ1) is 19.2. The summed E-state index contributed by atoms with van der Waals surface area (Å²) in [5.74, 6) is -0.00380. The zero-order valence-corrected chi connectivity index (χ0v) is 16.7. The maximum Gasteiger partial charge on any atom is 0.251 e. The molecular formula is C22H32N4O2. The monoisotopic (exact) mass is 384 g/mol.